The first-order valence-corrected chi connectivity index (χ1v) is 26.0. The number of rotatable bonds is 20. The third-order valence-electron chi connectivity index (χ3n) is 11.2. The minimum absolute atomic E-state index is 0.869. The quantitative estimate of drug-likeness (QED) is 0.0686. The predicted octanol–water partition coefficient (Wildman–Crippen LogP) is 4.71. The maximum Gasteiger partial charge on any atom is 0.179 e. The van der Waals surface area contributed by atoms with Gasteiger partial charge < -0.3 is 35.9 Å². The molecule has 9 heteroatoms. The molecule has 4 aromatic carbocycles. The van der Waals surface area contributed by atoms with Crippen molar-refractivity contribution in [1.29, 1.82) is 0 Å². The molecule has 8 nitrogen and oxygen atoms in total. The van der Waals surface area contributed by atoms with Gasteiger partial charge in [0.05, 0.1) is 169 Å². The summed E-state index contributed by atoms with van der Waals surface area (Å²) in [7, 11) is 53.1. The fourth-order valence-electron chi connectivity index (χ4n) is 10.0. The van der Waals surface area contributed by atoms with E-state index in [1.54, 1.807) is 0 Å². The Morgan fingerprint density at radius 3 is 0.400 bits per heavy atom. The normalized spacial score (nSPS) is 14.0. The van der Waals surface area contributed by atoms with E-state index < -0.39 is 8.07 Å². The van der Waals surface area contributed by atoms with E-state index in [1.165, 1.54) is 65.3 Å². The van der Waals surface area contributed by atoms with Crippen LogP contribution >= 0.6 is 0 Å². The summed E-state index contributed by atoms with van der Waals surface area (Å²) < 4.78 is 6.95. The number of benzene rings is 4. The van der Waals surface area contributed by atoms with Crippen LogP contribution in [-0.4, -0.2) is 213 Å². The van der Waals surface area contributed by atoms with Gasteiger partial charge in [-0.1, -0.05) is 48.5 Å². The minimum Gasteiger partial charge on any atom is -0.327 e. The van der Waals surface area contributed by atoms with Crippen LogP contribution < -0.4 is 20.7 Å². The Bertz CT molecular complexity index is 1790. The maximum atomic E-state index is 2.68. The molecule has 0 aliphatic rings. The molecule has 0 N–H and O–H groups in total. The molecule has 4 aromatic rings. The van der Waals surface area contributed by atoms with Crippen LogP contribution in [0, 0.1) is 0 Å². The molecule has 0 fully saturated rings. The SMILES string of the molecule is C[N+](C)(C)Cc1cc(C[N+](C)(C)C)cc([Si](c2cc(C[N+](C)(C)C)cc(C[N+](C)(C)C)c2)(c2cc(C[N+](C)(C)C)cc(C[N+](C)(C)C)c2)c2cc(C[N+](C)(C)C)cc(C[N+](C)(C)C)c2)c1. The molecule has 360 valence electrons. The van der Waals surface area contributed by atoms with Crippen LogP contribution in [0.3, 0.4) is 0 Å². The van der Waals surface area contributed by atoms with Crippen molar-refractivity contribution < 1.29 is 35.9 Å². The van der Waals surface area contributed by atoms with Crippen molar-refractivity contribution in [3.8, 4) is 0 Å². The third kappa shape index (κ3) is 17.7. The largest absolute Gasteiger partial charge is 0.327 e. The van der Waals surface area contributed by atoms with Crippen molar-refractivity contribution in [2.75, 3.05) is 169 Å². The molecular formula is C56H100N8Si+8. The Morgan fingerprint density at radius 1 is 0.200 bits per heavy atom. The molecule has 0 bridgehead atoms. The zero-order valence-corrected chi connectivity index (χ0v) is 47.7. The molecule has 0 atom stereocenters. The molecule has 0 saturated carbocycles. The van der Waals surface area contributed by atoms with Crippen LogP contribution in [0.1, 0.15) is 44.5 Å². The Morgan fingerprint density at radius 2 is 0.308 bits per heavy atom. The summed E-state index contributed by atoms with van der Waals surface area (Å²) in [6, 6.07) is 31.6. The molecule has 0 amide bonds. The van der Waals surface area contributed by atoms with Crippen LogP contribution in [-0.2, 0) is 52.4 Å². The van der Waals surface area contributed by atoms with Crippen LogP contribution in [0.2, 0.25) is 0 Å². The number of quaternary nitrogens is 8. The lowest BCUT2D eigenvalue weighted by atomic mass is 10.1. The van der Waals surface area contributed by atoms with Gasteiger partial charge in [0.15, 0.2) is 8.07 Å². The highest BCUT2D eigenvalue weighted by molar-refractivity contribution is 7.20. The van der Waals surface area contributed by atoms with E-state index in [0.29, 0.717) is 0 Å². The number of nitrogens with zero attached hydrogens (tertiary/aromatic N) is 8. The van der Waals surface area contributed by atoms with Gasteiger partial charge in [0, 0.05) is 44.5 Å². The van der Waals surface area contributed by atoms with E-state index in [1.807, 2.05) is 0 Å². The number of hydrogen-bond acceptors (Lipinski definition) is 0. The molecule has 0 unspecified atom stereocenters. The highest BCUT2D eigenvalue weighted by Crippen LogP contribution is 2.24. The lowest BCUT2D eigenvalue weighted by molar-refractivity contribution is -0.884. The van der Waals surface area contributed by atoms with Gasteiger partial charge in [-0.05, 0) is 45.0 Å². The molecule has 0 aromatic heterocycles. The minimum atomic E-state index is -3.21. The second-order valence-electron chi connectivity index (χ2n) is 28.5. The fraction of sp³-hybridized carbons (Fsp3) is 0.571. The molecule has 0 radical (unpaired) electrons. The average Bonchev–Trinajstić information content (AvgIpc) is 2.98. The first-order valence-electron chi connectivity index (χ1n) is 24.0. The third-order valence-corrected chi connectivity index (χ3v) is 15.8. The van der Waals surface area contributed by atoms with Crippen LogP contribution in [0.4, 0.5) is 0 Å². The summed E-state index contributed by atoms with van der Waals surface area (Å²) in [6.07, 6.45) is 0. The smallest absolute Gasteiger partial charge is 0.179 e. The van der Waals surface area contributed by atoms with E-state index in [2.05, 4.69) is 242 Å². The summed E-state index contributed by atoms with van der Waals surface area (Å²) in [4.78, 5) is 0. The van der Waals surface area contributed by atoms with Crippen LogP contribution in [0.15, 0.2) is 72.8 Å². The molecule has 0 aliphatic heterocycles. The summed E-state index contributed by atoms with van der Waals surface area (Å²) >= 11 is 0. The van der Waals surface area contributed by atoms with E-state index in [-0.39, 0.29) is 0 Å². The van der Waals surface area contributed by atoms with Crippen molar-refractivity contribution in [2.45, 2.75) is 52.4 Å². The van der Waals surface area contributed by atoms with Gasteiger partial charge in [0.1, 0.15) is 52.4 Å². The Kier molecular flexibility index (Phi) is 15.9. The molecule has 0 aliphatic carbocycles. The fourth-order valence-corrected chi connectivity index (χ4v) is 15.2. The van der Waals surface area contributed by atoms with Gasteiger partial charge in [-0.3, -0.25) is 0 Å². The second kappa shape index (κ2) is 19.0. The predicted molar refractivity (Wildman–Crippen MR) is 284 cm³/mol. The lowest BCUT2D eigenvalue weighted by Crippen LogP contribution is -2.75. The van der Waals surface area contributed by atoms with Crippen LogP contribution in [0.25, 0.3) is 0 Å². The Balaban J connectivity index is 2.52. The van der Waals surface area contributed by atoms with Gasteiger partial charge in [-0.2, -0.15) is 0 Å². The van der Waals surface area contributed by atoms with Gasteiger partial charge >= 0.3 is 0 Å². The van der Waals surface area contributed by atoms with Gasteiger partial charge in [-0.25, -0.2) is 0 Å². The van der Waals surface area contributed by atoms with E-state index in [4.69, 9.17) is 0 Å². The van der Waals surface area contributed by atoms with Gasteiger partial charge in [0.2, 0.25) is 0 Å². The zero-order chi connectivity index (χ0) is 49.6. The summed E-state index contributed by atoms with van der Waals surface area (Å²) in [5, 5.41) is 6.01. The highest BCUT2D eigenvalue weighted by Gasteiger charge is 2.45. The monoisotopic (exact) mass is 913 g/mol. The van der Waals surface area contributed by atoms with Crippen molar-refractivity contribution >= 4 is 28.8 Å². The second-order valence-corrected chi connectivity index (χ2v) is 32.3. The van der Waals surface area contributed by atoms with E-state index in [9.17, 15) is 0 Å². The molecule has 65 heavy (non-hydrogen) atoms. The average molecular weight is 914 g/mol. The van der Waals surface area contributed by atoms with Gasteiger partial charge in [-0.15, -0.1) is 0 Å². The zero-order valence-electron chi connectivity index (χ0n) is 46.7. The summed E-state index contributed by atoms with van der Waals surface area (Å²) in [6.45, 7) is 7.66. The van der Waals surface area contributed by atoms with Gasteiger partial charge in [0.25, 0.3) is 0 Å². The molecule has 4 rings (SSSR count). The Labute approximate surface area is 401 Å². The van der Waals surface area contributed by atoms with Crippen molar-refractivity contribution in [1.82, 2.24) is 0 Å². The molecule has 0 heterocycles. The van der Waals surface area contributed by atoms with Crippen LogP contribution in [0.5, 0.6) is 0 Å². The first kappa shape index (κ1) is 54.4. The van der Waals surface area contributed by atoms with Crippen molar-refractivity contribution in [3.63, 3.8) is 0 Å². The lowest BCUT2D eigenvalue weighted by Gasteiger charge is -2.38. The van der Waals surface area contributed by atoms with Crippen molar-refractivity contribution in [3.05, 3.63) is 117 Å². The Hall–Kier alpha value is -3.22. The number of hydrogen-bond donors (Lipinski definition) is 0. The maximum absolute atomic E-state index is 3.21. The molecule has 0 spiro atoms. The summed E-state index contributed by atoms with van der Waals surface area (Å²) in [5.41, 5.74) is 11.4. The summed E-state index contributed by atoms with van der Waals surface area (Å²) in [5.74, 6) is 0. The van der Waals surface area contributed by atoms with Crippen molar-refractivity contribution in [2.24, 2.45) is 0 Å². The first-order chi connectivity index (χ1) is 29.0. The standard InChI is InChI=1S/C56H100N8Si/c1-57(2,3)37-45-25-46(38-58(4,5)6)30-53(29-45)65(54-31-47(39-59(7,8)9)26-48(32-54)40-60(10,11)12,55-33-49(41-61(13,14)15)27-50(34-55)42-62(16,17)18)56-35-51(43-63(19,20)21)28-52(36-56)44-64(22,23)24/h25-36H,37-44H2,1-24H3/q+8. The van der Waals surface area contributed by atoms with E-state index >= 15 is 0 Å². The topological polar surface area (TPSA) is 0 Å². The van der Waals surface area contributed by atoms with E-state index in [0.717, 1.165) is 88.2 Å². The molecule has 0 saturated heterocycles. The highest BCUT2D eigenvalue weighted by atomic mass is 28.3. The molecular weight excluding hydrogens is 813 g/mol.